The molecule has 0 aromatic carbocycles. The molecule has 4 N–H and O–H groups in total. The molecular formula is C8H16N2O4. The summed E-state index contributed by atoms with van der Waals surface area (Å²) in [5, 5.41) is 0. The van der Waals surface area contributed by atoms with E-state index < -0.39 is 12.6 Å². The first-order valence-electron chi connectivity index (χ1n) is 4.75. The smallest absolute Gasteiger partial charge is 0.209 e. The average molecular weight is 204 g/mol. The Morgan fingerprint density at radius 1 is 1.00 bits per heavy atom. The van der Waals surface area contributed by atoms with Crippen molar-refractivity contribution in [2.24, 2.45) is 11.5 Å². The first-order valence-corrected chi connectivity index (χ1v) is 4.75. The van der Waals surface area contributed by atoms with Crippen molar-refractivity contribution in [1.29, 1.82) is 0 Å². The summed E-state index contributed by atoms with van der Waals surface area (Å²) in [5.74, 6) is 0. The number of ether oxygens (including phenoxy) is 4. The quantitative estimate of drug-likeness (QED) is 0.562. The molecular weight excluding hydrogens is 188 g/mol. The van der Waals surface area contributed by atoms with Gasteiger partial charge in [0.1, 0.15) is 0 Å². The second-order valence-electron chi connectivity index (χ2n) is 3.49. The predicted octanol–water partition coefficient (Wildman–Crippen LogP) is -1.61. The minimum atomic E-state index is -0.466. The monoisotopic (exact) mass is 204 g/mol. The van der Waals surface area contributed by atoms with Crippen molar-refractivity contribution in [2.45, 2.75) is 24.7 Å². The van der Waals surface area contributed by atoms with Crippen LogP contribution in [0.25, 0.3) is 0 Å². The van der Waals surface area contributed by atoms with Crippen LogP contribution in [0.2, 0.25) is 0 Å². The van der Waals surface area contributed by atoms with E-state index in [1.807, 2.05) is 0 Å². The van der Waals surface area contributed by atoms with Gasteiger partial charge in [-0.05, 0) is 0 Å². The zero-order valence-corrected chi connectivity index (χ0v) is 7.93. The van der Waals surface area contributed by atoms with Gasteiger partial charge in [0.25, 0.3) is 0 Å². The van der Waals surface area contributed by atoms with Crippen molar-refractivity contribution >= 4 is 0 Å². The van der Waals surface area contributed by atoms with Crippen LogP contribution in [0.4, 0.5) is 0 Å². The standard InChI is InChI=1S/C8H16N2O4/c9-1-6-4-13-8(14-6)7-11-2-5(10)3-12-7/h5-8H,1-4,9-10H2. The molecule has 0 radical (unpaired) electrons. The van der Waals surface area contributed by atoms with Gasteiger partial charge in [-0.2, -0.15) is 0 Å². The maximum atomic E-state index is 5.60. The molecule has 0 aromatic heterocycles. The third kappa shape index (κ3) is 2.22. The summed E-state index contributed by atoms with van der Waals surface area (Å²) in [4.78, 5) is 0. The van der Waals surface area contributed by atoms with E-state index in [9.17, 15) is 0 Å². The summed E-state index contributed by atoms with van der Waals surface area (Å²) in [5.41, 5.74) is 11.0. The second kappa shape index (κ2) is 4.52. The molecule has 2 saturated heterocycles. The molecule has 0 aliphatic carbocycles. The number of hydrogen-bond acceptors (Lipinski definition) is 6. The van der Waals surface area contributed by atoms with Crippen LogP contribution in [0, 0.1) is 0 Å². The molecule has 2 fully saturated rings. The summed E-state index contributed by atoms with van der Waals surface area (Å²) in [6.45, 7) is 1.89. The lowest BCUT2D eigenvalue weighted by molar-refractivity contribution is -0.277. The maximum absolute atomic E-state index is 5.60. The highest BCUT2D eigenvalue weighted by molar-refractivity contribution is 4.72. The van der Waals surface area contributed by atoms with Gasteiger partial charge < -0.3 is 30.4 Å². The van der Waals surface area contributed by atoms with Crippen LogP contribution in [-0.4, -0.2) is 51.1 Å². The first-order chi connectivity index (χ1) is 6.79. The summed E-state index contributed by atoms with van der Waals surface area (Å²) in [7, 11) is 0. The van der Waals surface area contributed by atoms with Gasteiger partial charge in [-0.25, -0.2) is 0 Å². The van der Waals surface area contributed by atoms with Crippen molar-refractivity contribution in [3.63, 3.8) is 0 Å². The van der Waals surface area contributed by atoms with E-state index in [2.05, 4.69) is 0 Å². The van der Waals surface area contributed by atoms with E-state index in [4.69, 9.17) is 30.4 Å². The van der Waals surface area contributed by atoms with Crippen LogP contribution < -0.4 is 11.5 Å². The van der Waals surface area contributed by atoms with Crippen LogP contribution in [0.15, 0.2) is 0 Å². The third-order valence-electron chi connectivity index (χ3n) is 2.21. The molecule has 6 heteroatoms. The van der Waals surface area contributed by atoms with E-state index in [0.717, 1.165) is 0 Å². The van der Waals surface area contributed by atoms with Crippen LogP contribution in [0.5, 0.6) is 0 Å². The Bertz CT molecular complexity index is 184. The normalized spacial score (nSPS) is 44.1. The topological polar surface area (TPSA) is 89.0 Å². The number of hydrogen-bond donors (Lipinski definition) is 2. The van der Waals surface area contributed by atoms with Crippen LogP contribution in [-0.2, 0) is 18.9 Å². The lowest BCUT2D eigenvalue weighted by Crippen LogP contribution is -2.46. The molecule has 0 saturated carbocycles. The van der Waals surface area contributed by atoms with Gasteiger partial charge in [0.2, 0.25) is 12.6 Å². The second-order valence-corrected chi connectivity index (χ2v) is 3.49. The molecule has 6 nitrogen and oxygen atoms in total. The van der Waals surface area contributed by atoms with E-state index in [-0.39, 0.29) is 12.1 Å². The van der Waals surface area contributed by atoms with E-state index in [0.29, 0.717) is 26.4 Å². The van der Waals surface area contributed by atoms with Gasteiger partial charge in [-0.3, -0.25) is 0 Å². The Morgan fingerprint density at radius 2 is 1.64 bits per heavy atom. The minimum Gasteiger partial charge on any atom is -0.346 e. The van der Waals surface area contributed by atoms with Gasteiger partial charge >= 0.3 is 0 Å². The number of nitrogens with two attached hydrogens (primary N) is 2. The van der Waals surface area contributed by atoms with Gasteiger partial charge in [0.15, 0.2) is 0 Å². The van der Waals surface area contributed by atoms with Crippen molar-refractivity contribution < 1.29 is 18.9 Å². The first kappa shape index (κ1) is 10.3. The van der Waals surface area contributed by atoms with E-state index in [1.54, 1.807) is 0 Å². The van der Waals surface area contributed by atoms with Gasteiger partial charge in [-0.15, -0.1) is 0 Å². The van der Waals surface area contributed by atoms with E-state index >= 15 is 0 Å². The molecule has 0 bridgehead atoms. The molecule has 14 heavy (non-hydrogen) atoms. The fourth-order valence-corrected chi connectivity index (χ4v) is 1.43. The molecule has 2 aliphatic rings. The van der Waals surface area contributed by atoms with E-state index in [1.165, 1.54) is 0 Å². The predicted molar refractivity (Wildman–Crippen MR) is 47.3 cm³/mol. The highest BCUT2D eigenvalue weighted by Gasteiger charge is 2.35. The molecule has 2 rings (SSSR count). The largest absolute Gasteiger partial charge is 0.346 e. The Morgan fingerprint density at radius 3 is 2.21 bits per heavy atom. The third-order valence-corrected chi connectivity index (χ3v) is 2.21. The zero-order chi connectivity index (χ0) is 9.97. The molecule has 0 spiro atoms. The summed E-state index contributed by atoms with van der Waals surface area (Å²) < 4.78 is 21.4. The van der Waals surface area contributed by atoms with Gasteiger partial charge in [0, 0.05) is 6.54 Å². The SMILES string of the molecule is NCC1COC(C2OCC(N)CO2)O1. The maximum Gasteiger partial charge on any atom is 0.209 e. The zero-order valence-electron chi connectivity index (χ0n) is 7.93. The summed E-state index contributed by atoms with van der Waals surface area (Å²) in [6.07, 6.45) is -0.981. The summed E-state index contributed by atoms with van der Waals surface area (Å²) in [6, 6.07) is -0.0574. The van der Waals surface area contributed by atoms with Crippen molar-refractivity contribution in [3.8, 4) is 0 Å². The lowest BCUT2D eigenvalue weighted by atomic mass is 10.3. The highest BCUT2D eigenvalue weighted by Crippen LogP contribution is 2.19. The fraction of sp³-hybridized carbons (Fsp3) is 1.00. The molecule has 82 valence electrons. The van der Waals surface area contributed by atoms with Crippen LogP contribution >= 0.6 is 0 Å². The van der Waals surface area contributed by atoms with Gasteiger partial charge in [-0.1, -0.05) is 0 Å². The minimum absolute atomic E-state index is 0.0530. The Balaban J connectivity index is 1.79. The fourth-order valence-electron chi connectivity index (χ4n) is 1.43. The van der Waals surface area contributed by atoms with Crippen LogP contribution in [0.3, 0.4) is 0 Å². The van der Waals surface area contributed by atoms with Crippen LogP contribution in [0.1, 0.15) is 0 Å². The molecule has 2 unspecified atom stereocenters. The highest BCUT2D eigenvalue weighted by atomic mass is 16.8. The molecule has 0 amide bonds. The Hall–Kier alpha value is -0.240. The molecule has 0 aromatic rings. The van der Waals surface area contributed by atoms with Crippen molar-refractivity contribution in [1.82, 2.24) is 0 Å². The lowest BCUT2D eigenvalue weighted by Gasteiger charge is -2.29. The summed E-state index contributed by atoms with van der Waals surface area (Å²) >= 11 is 0. The number of rotatable bonds is 2. The average Bonchev–Trinajstić information content (AvgIpc) is 2.67. The van der Waals surface area contributed by atoms with Crippen molar-refractivity contribution in [2.75, 3.05) is 26.4 Å². The molecule has 2 aliphatic heterocycles. The van der Waals surface area contributed by atoms with Gasteiger partial charge in [0.05, 0.1) is 32.0 Å². The molecule has 2 heterocycles. The van der Waals surface area contributed by atoms with Crippen molar-refractivity contribution in [3.05, 3.63) is 0 Å². The Kier molecular flexibility index (Phi) is 3.32. The Labute approximate surface area is 82.4 Å². The molecule has 2 atom stereocenters.